The Kier molecular flexibility index (Phi) is 5.41. The fourth-order valence-electron chi connectivity index (χ4n) is 4.89. The lowest BCUT2D eigenvalue weighted by Gasteiger charge is -2.38. The molecule has 0 bridgehead atoms. The van der Waals surface area contributed by atoms with E-state index in [1.807, 2.05) is 65.6 Å². The van der Waals surface area contributed by atoms with Crippen LogP contribution in [0, 0.1) is 6.92 Å². The molecule has 35 heavy (non-hydrogen) atoms. The molecule has 1 saturated heterocycles. The number of aromatic nitrogens is 2. The van der Waals surface area contributed by atoms with Gasteiger partial charge >= 0.3 is 0 Å². The molecular formula is C29H26N4O2. The number of nitrogens with zero attached hydrogens (tertiary/aromatic N) is 4. The molecule has 6 heteroatoms. The predicted octanol–water partition coefficient (Wildman–Crippen LogP) is 5.04. The first-order valence-corrected chi connectivity index (χ1v) is 12.0. The fourth-order valence-corrected chi connectivity index (χ4v) is 4.89. The van der Waals surface area contributed by atoms with Gasteiger partial charge in [0.2, 0.25) is 5.91 Å². The third-order valence-corrected chi connectivity index (χ3v) is 6.84. The average molecular weight is 463 g/mol. The van der Waals surface area contributed by atoms with Gasteiger partial charge in [-0.2, -0.15) is 0 Å². The zero-order valence-corrected chi connectivity index (χ0v) is 19.6. The summed E-state index contributed by atoms with van der Waals surface area (Å²) in [5.74, 6) is 2.12. The molecule has 1 amide bonds. The van der Waals surface area contributed by atoms with Crippen LogP contribution in [0.5, 0.6) is 11.5 Å². The van der Waals surface area contributed by atoms with Crippen molar-refractivity contribution >= 4 is 11.7 Å². The number of para-hydroxylation sites is 2. The molecule has 0 saturated carbocycles. The van der Waals surface area contributed by atoms with Crippen LogP contribution in [0.4, 0.5) is 5.82 Å². The topological polar surface area (TPSA) is 58.6 Å². The van der Waals surface area contributed by atoms with Gasteiger partial charge in [0.05, 0.1) is 11.6 Å². The van der Waals surface area contributed by atoms with Crippen LogP contribution >= 0.6 is 0 Å². The zero-order chi connectivity index (χ0) is 23.8. The number of aryl methyl sites for hydroxylation is 1. The van der Waals surface area contributed by atoms with Crippen molar-refractivity contribution in [3.63, 3.8) is 0 Å². The highest BCUT2D eigenvalue weighted by Crippen LogP contribution is 2.44. The van der Waals surface area contributed by atoms with E-state index in [1.165, 1.54) is 5.56 Å². The van der Waals surface area contributed by atoms with Gasteiger partial charge in [-0.1, -0.05) is 66.2 Å². The molecular weight excluding hydrogens is 436 g/mol. The molecule has 0 unspecified atom stereocenters. The number of hydrogen-bond acceptors (Lipinski definition) is 5. The molecule has 0 radical (unpaired) electrons. The Morgan fingerprint density at radius 1 is 0.771 bits per heavy atom. The molecule has 1 fully saturated rings. The number of piperazine rings is 1. The summed E-state index contributed by atoms with van der Waals surface area (Å²) >= 11 is 0. The van der Waals surface area contributed by atoms with E-state index in [1.54, 1.807) is 0 Å². The minimum absolute atomic E-state index is 0.119. The Bertz CT molecular complexity index is 1310. The number of anilines is 1. The second-order valence-electron chi connectivity index (χ2n) is 9.07. The van der Waals surface area contributed by atoms with Crippen LogP contribution < -0.4 is 9.64 Å². The van der Waals surface area contributed by atoms with E-state index in [0.717, 1.165) is 52.8 Å². The highest BCUT2D eigenvalue weighted by atomic mass is 16.5. The minimum atomic E-state index is -0.351. The maximum atomic E-state index is 13.8. The average Bonchev–Trinajstić information content (AvgIpc) is 2.92. The summed E-state index contributed by atoms with van der Waals surface area (Å²) < 4.78 is 6.07. The van der Waals surface area contributed by atoms with Gasteiger partial charge < -0.3 is 14.5 Å². The lowest BCUT2D eigenvalue weighted by molar-refractivity contribution is -0.132. The molecule has 2 aliphatic rings. The smallest absolute Gasteiger partial charge is 0.234 e. The van der Waals surface area contributed by atoms with Crippen molar-refractivity contribution in [2.24, 2.45) is 0 Å². The number of benzene rings is 3. The zero-order valence-electron chi connectivity index (χ0n) is 19.6. The number of carbonyl (C=O) groups is 1. The Morgan fingerprint density at radius 2 is 1.40 bits per heavy atom. The van der Waals surface area contributed by atoms with Crippen molar-refractivity contribution in [3.05, 3.63) is 102 Å². The van der Waals surface area contributed by atoms with E-state index in [2.05, 4.69) is 46.3 Å². The normalized spacial score (nSPS) is 15.2. The van der Waals surface area contributed by atoms with Gasteiger partial charge in [-0.25, -0.2) is 0 Å². The second kappa shape index (κ2) is 8.87. The standard InChI is InChI=1S/C29H26N4O2/c1-20-10-12-21(13-11-20)24-14-15-27(31-30-24)32-16-18-33(19-17-32)29(34)28-22-6-2-4-8-25(22)35-26-9-5-3-7-23(26)28/h2-15,28H,16-19H2,1H3. The van der Waals surface area contributed by atoms with Crippen molar-refractivity contribution in [1.82, 2.24) is 15.1 Å². The van der Waals surface area contributed by atoms with Crippen LogP contribution in [0.25, 0.3) is 11.3 Å². The molecule has 0 atom stereocenters. The van der Waals surface area contributed by atoms with Crippen LogP contribution in [0.3, 0.4) is 0 Å². The molecule has 0 spiro atoms. The Balaban J connectivity index is 1.17. The van der Waals surface area contributed by atoms with Gasteiger partial charge in [0.1, 0.15) is 11.5 Å². The molecule has 3 aromatic carbocycles. The SMILES string of the molecule is Cc1ccc(-c2ccc(N3CCN(C(=O)C4c5ccccc5Oc5ccccc54)CC3)nn2)cc1. The molecule has 0 aliphatic carbocycles. The molecule has 3 heterocycles. The summed E-state index contributed by atoms with van der Waals surface area (Å²) in [4.78, 5) is 17.9. The summed E-state index contributed by atoms with van der Waals surface area (Å²) in [6.07, 6.45) is 0. The van der Waals surface area contributed by atoms with E-state index < -0.39 is 0 Å². The van der Waals surface area contributed by atoms with E-state index >= 15 is 0 Å². The lowest BCUT2D eigenvalue weighted by atomic mass is 9.86. The van der Waals surface area contributed by atoms with Crippen molar-refractivity contribution in [3.8, 4) is 22.8 Å². The van der Waals surface area contributed by atoms with Gasteiger partial charge in [-0.05, 0) is 31.2 Å². The van der Waals surface area contributed by atoms with Crippen LogP contribution in [0.2, 0.25) is 0 Å². The number of carbonyl (C=O) groups excluding carboxylic acids is 1. The van der Waals surface area contributed by atoms with E-state index in [0.29, 0.717) is 13.1 Å². The summed E-state index contributed by atoms with van der Waals surface area (Å²) in [5, 5.41) is 8.92. The van der Waals surface area contributed by atoms with E-state index in [4.69, 9.17) is 4.74 Å². The van der Waals surface area contributed by atoms with Crippen LogP contribution in [-0.2, 0) is 4.79 Å². The van der Waals surface area contributed by atoms with Crippen LogP contribution in [-0.4, -0.2) is 47.2 Å². The summed E-state index contributed by atoms with van der Waals surface area (Å²) in [5.41, 5.74) is 4.99. The number of ether oxygens (including phenoxy) is 1. The van der Waals surface area contributed by atoms with Gasteiger partial charge in [-0.3, -0.25) is 4.79 Å². The maximum absolute atomic E-state index is 13.8. The molecule has 0 N–H and O–H groups in total. The second-order valence-corrected chi connectivity index (χ2v) is 9.07. The van der Waals surface area contributed by atoms with Crippen LogP contribution in [0.1, 0.15) is 22.6 Å². The van der Waals surface area contributed by atoms with Gasteiger partial charge in [-0.15, -0.1) is 10.2 Å². The third kappa shape index (κ3) is 4.01. The Morgan fingerprint density at radius 3 is 2.00 bits per heavy atom. The number of amides is 1. The van der Waals surface area contributed by atoms with Crippen molar-refractivity contribution in [2.75, 3.05) is 31.1 Å². The van der Waals surface area contributed by atoms with Crippen molar-refractivity contribution < 1.29 is 9.53 Å². The molecule has 6 rings (SSSR count). The Labute approximate surface area is 204 Å². The maximum Gasteiger partial charge on any atom is 0.234 e. The number of rotatable bonds is 3. The van der Waals surface area contributed by atoms with Crippen LogP contribution in [0.15, 0.2) is 84.9 Å². The molecule has 1 aromatic heterocycles. The molecule has 2 aliphatic heterocycles. The minimum Gasteiger partial charge on any atom is -0.457 e. The van der Waals surface area contributed by atoms with Gasteiger partial charge in [0.15, 0.2) is 5.82 Å². The molecule has 174 valence electrons. The first-order chi connectivity index (χ1) is 17.2. The molecule has 6 nitrogen and oxygen atoms in total. The summed E-state index contributed by atoms with van der Waals surface area (Å²) in [7, 11) is 0. The van der Waals surface area contributed by atoms with Gasteiger partial charge in [0.25, 0.3) is 0 Å². The molecule has 4 aromatic rings. The highest BCUT2D eigenvalue weighted by Gasteiger charge is 2.36. The predicted molar refractivity (Wildman–Crippen MR) is 136 cm³/mol. The monoisotopic (exact) mass is 462 g/mol. The third-order valence-electron chi connectivity index (χ3n) is 6.84. The lowest BCUT2D eigenvalue weighted by Crippen LogP contribution is -2.50. The van der Waals surface area contributed by atoms with E-state index in [9.17, 15) is 4.79 Å². The van der Waals surface area contributed by atoms with Crippen molar-refractivity contribution in [1.29, 1.82) is 0 Å². The number of fused-ring (bicyclic) bond motifs is 2. The van der Waals surface area contributed by atoms with Gasteiger partial charge in [0, 0.05) is 42.9 Å². The van der Waals surface area contributed by atoms with Crippen molar-refractivity contribution in [2.45, 2.75) is 12.8 Å². The number of hydrogen-bond donors (Lipinski definition) is 0. The fraction of sp³-hybridized carbons (Fsp3) is 0.207. The Hall–Kier alpha value is -4.19. The summed E-state index contributed by atoms with van der Waals surface area (Å²) in [6, 6.07) is 28.0. The first kappa shape index (κ1) is 21.4. The first-order valence-electron chi connectivity index (χ1n) is 12.0. The summed E-state index contributed by atoms with van der Waals surface area (Å²) in [6.45, 7) is 4.79. The van der Waals surface area contributed by atoms with E-state index in [-0.39, 0.29) is 11.8 Å². The highest BCUT2D eigenvalue weighted by molar-refractivity contribution is 5.90. The largest absolute Gasteiger partial charge is 0.457 e. The quantitative estimate of drug-likeness (QED) is 0.427.